The van der Waals surface area contributed by atoms with Crippen molar-refractivity contribution in [1.29, 1.82) is 0 Å². The van der Waals surface area contributed by atoms with Gasteiger partial charge in [0.05, 0.1) is 11.8 Å². The molecule has 0 aliphatic carbocycles. The van der Waals surface area contributed by atoms with Gasteiger partial charge in [-0.3, -0.25) is 0 Å². The summed E-state index contributed by atoms with van der Waals surface area (Å²) in [5.41, 5.74) is 0.684. The molecule has 1 aliphatic heterocycles. The predicted molar refractivity (Wildman–Crippen MR) is 80.0 cm³/mol. The molecule has 0 amide bonds. The van der Waals surface area contributed by atoms with E-state index in [1.807, 2.05) is 13.8 Å². The van der Waals surface area contributed by atoms with Gasteiger partial charge in [-0.1, -0.05) is 25.2 Å². The number of likely N-dealkylation sites (N-methyl/N-ethyl adjacent to an activating group) is 1. The molecule has 112 valence electrons. The Labute approximate surface area is 123 Å². The lowest BCUT2D eigenvalue weighted by molar-refractivity contribution is 0.0700. The van der Waals surface area contributed by atoms with Gasteiger partial charge in [-0.15, -0.1) is 0 Å². The number of rotatable bonds is 6. The van der Waals surface area contributed by atoms with E-state index in [-0.39, 0.29) is 12.0 Å². The van der Waals surface area contributed by atoms with E-state index in [1.54, 1.807) is 0 Å². The van der Waals surface area contributed by atoms with E-state index in [4.69, 9.17) is 4.74 Å². The van der Waals surface area contributed by atoms with Gasteiger partial charge in [-0.05, 0) is 25.7 Å². The number of anilines is 1. The molecule has 1 N–H and O–H groups in total. The Morgan fingerprint density at radius 1 is 1.60 bits per heavy atom. The Morgan fingerprint density at radius 3 is 2.80 bits per heavy atom. The van der Waals surface area contributed by atoms with Crippen molar-refractivity contribution < 1.29 is 14.6 Å². The molecule has 20 heavy (non-hydrogen) atoms. The minimum absolute atomic E-state index is 0.118. The van der Waals surface area contributed by atoms with Crippen molar-refractivity contribution in [2.75, 3.05) is 24.6 Å². The van der Waals surface area contributed by atoms with Crippen LogP contribution in [-0.4, -0.2) is 41.9 Å². The average molecular weight is 298 g/mol. The number of hydrogen-bond donors (Lipinski definition) is 1. The Kier molecular flexibility index (Phi) is 4.99. The van der Waals surface area contributed by atoms with Crippen molar-refractivity contribution in [2.24, 2.45) is 0 Å². The van der Waals surface area contributed by atoms with Crippen LogP contribution in [0.4, 0.5) is 5.13 Å². The lowest BCUT2D eigenvalue weighted by Gasteiger charge is -2.23. The fourth-order valence-electron chi connectivity index (χ4n) is 2.38. The molecule has 1 unspecified atom stereocenters. The molecule has 0 radical (unpaired) electrons. The normalized spacial score (nSPS) is 18.7. The highest BCUT2D eigenvalue weighted by molar-refractivity contribution is 7.17. The third-order valence-corrected chi connectivity index (χ3v) is 4.60. The topological polar surface area (TPSA) is 62.7 Å². The SMILES string of the molecule is CCN(CC1CCCO1)c1nc(C(C)C)c(C(=O)O)s1. The summed E-state index contributed by atoms with van der Waals surface area (Å²) in [4.78, 5) is 18.4. The molecule has 0 spiro atoms. The van der Waals surface area contributed by atoms with Crippen molar-refractivity contribution in [3.8, 4) is 0 Å². The molecule has 0 saturated carbocycles. The average Bonchev–Trinajstić information content (AvgIpc) is 3.04. The minimum atomic E-state index is -0.884. The summed E-state index contributed by atoms with van der Waals surface area (Å²) in [7, 11) is 0. The third-order valence-electron chi connectivity index (χ3n) is 3.48. The molecule has 0 aromatic carbocycles. The molecule has 1 aromatic rings. The maximum atomic E-state index is 11.3. The quantitative estimate of drug-likeness (QED) is 0.875. The number of thiazole rings is 1. The number of nitrogens with zero attached hydrogens (tertiary/aromatic N) is 2. The highest BCUT2D eigenvalue weighted by Gasteiger charge is 2.24. The Bertz CT molecular complexity index is 467. The summed E-state index contributed by atoms with van der Waals surface area (Å²) < 4.78 is 5.66. The van der Waals surface area contributed by atoms with Crippen LogP contribution in [0.2, 0.25) is 0 Å². The van der Waals surface area contributed by atoms with Crippen LogP contribution in [0.1, 0.15) is 54.9 Å². The summed E-state index contributed by atoms with van der Waals surface area (Å²) in [6.07, 6.45) is 2.43. The Morgan fingerprint density at radius 2 is 2.35 bits per heavy atom. The van der Waals surface area contributed by atoms with Crippen LogP contribution in [0, 0.1) is 0 Å². The molecule has 5 nitrogen and oxygen atoms in total. The predicted octanol–water partition coefficient (Wildman–Crippen LogP) is 2.97. The number of ether oxygens (including phenoxy) is 1. The first-order valence-electron chi connectivity index (χ1n) is 7.13. The molecule has 6 heteroatoms. The summed E-state index contributed by atoms with van der Waals surface area (Å²) in [6, 6.07) is 0. The molecule has 2 heterocycles. The Balaban J connectivity index is 2.20. The van der Waals surface area contributed by atoms with Crippen molar-refractivity contribution in [1.82, 2.24) is 4.98 Å². The fraction of sp³-hybridized carbons (Fsp3) is 0.714. The Hall–Kier alpha value is -1.14. The van der Waals surface area contributed by atoms with E-state index in [2.05, 4.69) is 16.8 Å². The number of hydrogen-bond acceptors (Lipinski definition) is 5. The second-order valence-corrected chi connectivity index (χ2v) is 6.32. The first kappa shape index (κ1) is 15.3. The monoisotopic (exact) mass is 298 g/mol. The van der Waals surface area contributed by atoms with Crippen LogP contribution in [-0.2, 0) is 4.74 Å². The van der Waals surface area contributed by atoms with Crippen LogP contribution < -0.4 is 4.90 Å². The second kappa shape index (κ2) is 6.54. The largest absolute Gasteiger partial charge is 0.477 e. The van der Waals surface area contributed by atoms with E-state index in [1.165, 1.54) is 11.3 Å². The molecular weight excluding hydrogens is 276 g/mol. The third kappa shape index (κ3) is 3.30. The van der Waals surface area contributed by atoms with Crippen molar-refractivity contribution in [3.63, 3.8) is 0 Å². The van der Waals surface area contributed by atoms with Gasteiger partial charge < -0.3 is 14.7 Å². The molecule has 1 aromatic heterocycles. The van der Waals surface area contributed by atoms with Gasteiger partial charge in [0.2, 0.25) is 0 Å². The number of carboxylic acid groups (broad SMARTS) is 1. The van der Waals surface area contributed by atoms with Gasteiger partial charge in [-0.2, -0.15) is 0 Å². The van der Waals surface area contributed by atoms with E-state index < -0.39 is 5.97 Å². The number of carboxylic acids is 1. The highest BCUT2D eigenvalue weighted by Crippen LogP contribution is 2.31. The zero-order valence-electron chi connectivity index (χ0n) is 12.3. The van der Waals surface area contributed by atoms with Crippen LogP contribution in [0.25, 0.3) is 0 Å². The van der Waals surface area contributed by atoms with Gasteiger partial charge in [0.15, 0.2) is 5.13 Å². The molecule has 0 bridgehead atoms. The number of aromatic carboxylic acids is 1. The first-order chi connectivity index (χ1) is 9.52. The fourth-order valence-corrected chi connectivity index (χ4v) is 3.51. The van der Waals surface area contributed by atoms with E-state index in [0.29, 0.717) is 10.6 Å². The smallest absolute Gasteiger partial charge is 0.347 e. The maximum absolute atomic E-state index is 11.3. The van der Waals surface area contributed by atoms with Crippen molar-refractivity contribution >= 4 is 22.4 Å². The van der Waals surface area contributed by atoms with E-state index in [9.17, 15) is 9.90 Å². The summed E-state index contributed by atoms with van der Waals surface area (Å²) in [5.74, 6) is -0.766. The molecular formula is C14H22N2O3S. The standard InChI is InChI=1S/C14H22N2O3S/c1-4-16(8-10-6-5-7-19-10)14-15-11(9(2)3)12(20-14)13(17)18/h9-10H,4-8H2,1-3H3,(H,17,18). The molecule has 1 saturated heterocycles. The lowest BCUT2D eigenvalue weighted by atomic mass is 10.1. The lowest BCUT2D eigenvalue weighted by Crippen LogP contribution is -2.31. The van der Waals surface area contributed by atoms with Gasteiger partial charge in [-0.25, -0.2) is 9.78 Å². The number of aromatic nitrogens is 1. The number of carbonyl (C=O) groups is 1. The first-order valence-corrected chi connectivity index (χ1v) is 7.95. The van der Waals surface area contributed by atoms with Crippen molar-refractivity contribution in [3.05, 3.63) is 10.6 Å². The van der Waals surface area contributed by atoms with Crippen molar-refractivity contribution in [2.45, 2.75) is 45.6 Å². The van der Waals surface area contributed by atoms with Gasteiger partial charge >= 0.3 is 5.97 Å². The van der Waals surface area contributed by atoms with Gasteiger partial charge in [0, 0.05) is 19.7 Å². The molecule has 1 atom stereocenters. The highest BCUT2D eigenvalue weighted by atomic mass is 32.1. The molecule has 1 fully saturated rings. The summed E-state index contributed by atoms with van der Waals surface area (Å²) >= 11 is 1.27. The van der Waals surface area contributed by atoms with Crippen LogP contribution in [0.3, 0.4) is 0 Å². The minimum Gasteiger partial charge on any atom is -0.477 e. The van der Waals surface area contributed by atoms with Gasteiger partial charge in [0.1, 0.15) is 4.88 Å². The molecule has 1 aliphatic rings. The van der Waals surface area contributed by atoms with Crippen LogP contribution in [0.5, 0.6) is 0 Å². The zero-order valence-corrected chi connectivity index (χ0v) is 13.1. The van der Waals surface area contributed by atoms with Gasteiger partial charge in [0.25, 0.3) is 0 Å². The zero-order chi connectivity index (χ0) is 14.7. The van der Waals surface area contributed by atoms with E-state index in [0.717, 1.165) is 37.7 Å². The second-order valence-electron chi connectivity index (χ2n) is 5.34. The van der Waals surface area contributed by atoms with E-state index >= 15 is 0 Å². The van der Waals surface area contributed by atoms with Crippen LogP contribution >= 0.6 is 11.3 Å². The maximum Gasteiger partial charge on any atom is 0.347 e. The summed E-state index contributed by atoms with van der Waals surface area (Å²) in [5, 5.41) is 10.1. The van der Waals surface area contributed by atoms with Crippen LogP contribution in [0.15, 0.2) is 0 Å². The molecule has 2 rings (SSSR count). The summed E-state index contributed by atoms with van der Waals surface area (Å²) in [6.45, 7) is 8.44.